The lowest BCUT2D eigenvalue weighted by Crippen LogP contribution is -2.23. The number of hydrogen-bond acceptors (Lipinski definition) is 7. The second-order valence-electron chi connectivity index (χ2n) is 5.32. The van der Waals surface area contributed by atoms with E-state index in [2.05, 4.69) is 15.2 Å². The van der Waals surface area contributed by atoms with E-state index < -0.39 is 5.97 Å². The second kappa shape index (κ2) is 7.08. The van der Waals surface area contributed by atoms with E-state index in [0.29, 0.717) is 5.69 Å². The number of aryl methyl sites for hydroxylation is 1. The van der Waals surface area contributed by atoms with E-state index in [1.54, 1.807) is 13.0 Å². The summed E-state index contributed by atoms with van der Waals surface area (Å²) in [5.74, 6) is -0.784. The molecule has 3 aromatic rings. The lowest BCUT2D eigenvalue weighted by molar-refractivity contribution is 0.0470. The predicted molar refractivity (Wildman–Crippen MR) is 88.0 cm³/mol. The molecule has 0 bridgehead atoms. The van der Waals surface area contributed by atoms with Gasteiger partial charge in [0.15, 0.2) is 5.82 Å². The van der Waals surface area contributed by atoms with E-state index in [-0.39, 0.29) is 30.4 Å². The molecule has 0 N–H and O–H groups in total. The van der Waals surface area contributed by atoms with E-state index in [4.69, 9.17) is 9.26 Å². The highest BCUT2D eigenvalue weighted by Crippen LogP contribution is 2.16. The van der Waals surface area contributed by atoms with Crippen LogP contribution in [0.1, 0.15) is 29.0 Å². The van der Waals surface area contributed by atoms with Crippen LogP contribution in [0.15, 0.2) is 45.7 Å². The van der Waals surface area contributed by atoms with Gasteiger partial charge in [0.1, 0.15) is 6.54 Å². The molecule has 0 saturated heterocycles. The van der Waals surface area contributed by atoms with Crippen molar-refractivity contribution in [3.63, 3.8) is 0 Å². The van der Waals surface area contributed by atoms with Gasteiger partial charge in [0, 0.05) is 11.6 Å². The number of carbonyl (C=O) groups excluding carboxylic acids is 1. The molecule has 2 heterocycles. The van der Waals surface area contributed by atoms with Crippen molar-refractivity contribution in [1.82, 2.24) is 19.9 Å². The standard InChI is InChI=1S/C17H16N4O4/c1-3-24-17(23)16-18-14(20-25-16)10-21-15(22)9-8-13(19-21)12-6-4-11(2)5-7-12/h4-9H,3,10H2,1-2H3. The van der Waals surface area contributed by atoms with Crippen molar-refractivity contribution in [3.05, 3.63) is 64.0 Å². The summed E-state index contributed by atoms with van der Waals surface area (Å²) in [6.45, 7) is 3.86. The summed E-state index contributed by atoms with van der Waals surface area (Å²) >= 11 is 0. The largest absolute Gasteiger partial charge is 0.459 e. The fourth-order valence-electron chi connectivity index (χ4n) is 2.17. The number of carbonyl (C=O) groups is 1. The summed E-state index contributed by atoms with van der Waals surface area (Å²) in [5, 5.41) is 8.01. The molecule has 0 unspecified atom stereocenters. The average molecular weight is 340 g/mol. The van der Waals surface area contributed by atoms with Gasteiger partial charge in [0.05, 0.1) is 12.3 Å². The van der Waals surface area contributed by atoms with Crippen LogP contribution in [0, 0.1) is 6.92 Å². The van der Waals surface area contributed by atoms with Gasteiger partial charge in [-0.3, -0.25) is 4.79 Å². The van der Waals surface area contributed by atoms with Crippen molar-refractivity contribution in [1.29, 1.82) is 0 Å². The number of esters is 1. The SMILES string of the molecule is CCOC(=O)c1nc(Cn2nc(-c3ccc(C)cc3)ccc2=O)no1. The molecular formula is C17H16N4O4. The molecule has 0 amide bonds. The number of rotatable bonds is 5. The Bertz CT molecular complexity index is 944. The number of nitrogens with zero attached hydrogens (tertiary/aromatic N) is 4. The molecule has 0 aliphatic heterocycles. The molecule has 0 radical (unpaired) electrons. The summed E-state index contributed by atoms with van der Waals surface area (Å²) in [4.78, 5) is 27.5. The van der Waals surface area contributed by atoms with Crippen LogP contribution in [0.2, 0.25) is 0 Å². The molecule has 8 heteroatoms. The molecule has 0 aliphatic carbocycles. The third-order valence-corrected chi connectivity index (χ3v) is 3.42. The van der Waals surface area contributed by atoms with E-state index >= 15 is 0 Å². The fourth-order valence-corrected chi connectivity index (χ4v) is 2.17. The minimum absolute atomic E-state index is 0.0125. The van der Waals surface area contributed by atoms with Crippen molar-refractivity contribution in [2.45, 2.75) is 20.4 Å². The average Bonchev–Trinajstić information content (AvgIpc) is 3.07. The highest BCUT2D eigenvalue weighted by atomic mass is 16.6. The minimum atomic E-state index is -0.699. The first-order valence-electron chi connectivity index (χ1n) is 7.71. The Hall–Kier alpha value is -3.29. The molecule has 0 aliphatic rings. The Morgan fingerprint density at radius 1 is 1.20 bits per heavy atom. The van der Waals surface area contributed by atoms with Crippen LogP contribution in [0.4, 0.5) is 0 Å². The molecule has 25 heavy (non-hydrogen) atoms. The first kappa shape index (κ1) is 16.6. The lowest BCUT2D eigenvalue weighted by atomic mass is 10.1. The topological polar surface area (TPSA) is 100 Å². The third kappa shape index (κ3) is 3.79. The van der Waals surface area contributed by atoms with Gasteiger partial charge in [0.25, 0.3) is 5.56 Å². The van der Waals surface area contributed by atoms with E-state index in [1.807, 2.05) is 31.2 Å². The molecule has 0 spiro atoms. The summed E-state index contributed by atoms with van der Waals surface area (Å²) in [5.41, 5.74) is 2.36. The Labute approximate surface area is 143 Å². The van der Waals surface area contributed by atoms with Gasteiger partial charge < -0.3 is 9.26 Å². The van der Waals surface area contributed by atoms with E-state index in [9.17, 15) is 9.59 Å². The molecule has 0 fully saturated rings. The molecule has 8 nitrogen and oxygen atoms in total. The van der Waals surface area contributed by atoms with Gasteiger partial charge in [-0.05, 0) is 19.9 Å². The highest BCUT2D eigenvalue weighted by Gasteiger charge is 2.17. The van der Waals surface area contributed by atoms with Crippen LogP contribution in [-0.2, 0) is 11.3 Å². The smallest absolute Gasteiger partial charge is 0.397 e. The fraction of sp³-hybridized carbons (Fsp3) is 0.235. The molecule has 0 saturated carbocycles. The number of ether oxygens (including phenoxy) is 1. The third-order valence-electron chi connectivity index (χ3n) is 3.42. The Balaban J connectivity index is 1.85. The number of benzene rings is 1. The Morgan fingerprint density at radius 2 is 1.96 bits per heavy atom. The van der Waals surface area contributed by atoms with Crippen molar-refractivity contribution in [2.75, 3.05) is 6.61 Å². The Morgan fingerprint density at radius 3 is 2.68 bits per heavy atom. The summed E-state index contributed by atoms with van der Waals surface area (Å²) < 4.78 is 10.8. The van der Waals surface area contributed by atoms with Crippen LogP contribution < -0.4 is 5.56 Å². The maximum atomic E-state index is 12.0. The lowest BCUT2D eigenvalue weighted by Gasteiger charge is -2.05. The second-order valence-corrected chi connectivity index (χ2v) is 5.32. The van der Waals surface area contributed by atoms with Crippen LogP contribution in [0.5, 0.6) is 0 Å². The quantitative estimate of drug-likeness (QED) is 0.653. The zero-order chi connectivity index (χ0) is 17.8. The van der Waals surface area contributed by atoms with E-state index in [1.165, 1.54) is 10.7 Å². The van der Waals surface area contributed by atoms with Gasteiger partial charge >= 0.3 is 11.9 Å². The van der Waals surface area contributed by atoms with Crippen LogP contribution in [0.25, 0.3) is 11.3 Å². The van der Waals surface area contributed by atoms with Gasteiger partial charge in [0.2, 0.25) is 0 Å². The van der Waals surface area contributed by atoms with Crippen molar-refractivity contribution < 1.29 is 14.1 Å². The van der Waals surface area contributed by atoms with Crippen molar-refractivity contribution >= 4 is 5.97 Å². The maximum Gasteiger partial charge on any atom is 0.397 e. The zero-order valence-electron chi connectivity index (χ0n) is 13.8. The summed E-state index contributed by atoms with van der Waals surface area (Å²) in [7, 11) is 0. The maximum absolute atomic E-state index is 12.0. The normalized spacial score (nSPS) is 10.6. The monoisotopic (exact) mass is 340 g/mol. The highest BCUT2D eigenvalue weighted by molar-refractivity contribution is 5.83. The van der Waals surface area contributed by atoms with Crippen molar-refractivity contribution in [2.24, 2.45) is 0 Å². The van der Waals surface area contributed by atoms with Gasteiger partial charge in [-0.25, -0.2) is 9.48 Å². The molecule has 0 atom stereocenters. The van der Waals surface area contributed by atoms with Gasteiger partial charge in [-0.15, -0.1) is 0 Å². The Kier molecular flexibility index (Phi) is 4.69. The first-order chi connectivity index (χ1) is 12.1. The number of hydrogen-bond donors (Lipinski definition) is 0. The minimum Gasteiger partial charge on any atom is -0.459 e. The number of aromatic nitrogens is 4. The first-order valence-corrected chi connectivity index (χ1v) is 7.71. The zero-order valence-corrected chi connectivity index (χ0v) is 13.8. The van der Waals surface area contributed by atoms with Crippen LogP contribution in [-0.4, -0.2) is 32.5 Å². The molecule has 1 aromatic carbocycles. The molecule has 128 valence electrons. The summed E-state index contributed by atoms with van der Waals surface area (Å²) in [6, 6.07) is 10.9. The molecule has 2 aromatic heterocycles. The van der Waals surface area contributed by atoms with Crippen molar-refractivity contribution in [3.8, 4) is 11.3 Å². The van der Waals surface area contributed by atoms with Gasteiger partial charge in [-0.2, -0.15) is 10.1 Å². The van der Waals surface area contributed by atoms with E-state index in [0.717, 1.165) is 11.1 Å². The summed E-state index contributed by atoms with van der Waals surface area (Å²) in [6.07, 6.45) is 0. The molecular weight excluding hydrogens is 324 g/mol. The van der Waals surface area contributed by atoms with Crippen LogP contribution >= 0.6 is 0 Å². The van der Waals surface area contributed by atoms with Gasteiger partial charge in [-0.1, -0.05) is 35.0 Å². The predicted octanol–water partition coefficient (Wildman–Crippen LogP) is 1.83. The van der Waals surface area contributed by atoms with Crippen LogP contribution in [0.3, 0.4) is 0 Å². The molecule has 3 rings (SSSR count).